The molecule has 0 saturated heterocycles. The fourth-order valence-corrected chi connectivity index (χ4v) is 1.95. The van der Waals surface area contributed by atoms with Gasteiger partial charge in [-0.3, -0.25) is 0 Å². The second-order valence-electron chi connectivity index (χ2n) is 4.30. The Kier molecular flexibility index (Phi) is 4.32. The molecule has 0 saturated carbocycles. The van der Waals surface area contributed by atoms with E-state index in [1.807, 2.05) is 67.6 Å². The van der Waals surface area contributed by atoms with E-state index in [-0.39, 0.29) is 0 Å². The Morgan fingerprint density at radius 1 is 1.00 bits per heavy atom. The second-order valence-corrected chi connectivity index (χ2v) is 4.30. The van der Waals surface area contributed by atoms with Gasteiger partial charge >= 0.3 is 0 Å². The quantitative estimate of drug-likeness (QED) is 0.798. The summed E-state index contributed by atoms with van der Waals surface area (Å²) >= 11 is 0. The van der Waals surface area contributed by atoms with Crippen molar-refractivity contribution in [3.63, 3.8) is 0 Å². The molecular weight excluding hydrogens is 220 g/mol. The van der Waals surface area contributed by atoms with E-state index >= 15 is 0 Å². The first-order valence-electron chi connectivity index (χ1n) is 6.31. The Morgan fingerprint density at radius 2 is 1.56 bits per heavy atom. The SMILES string of the molecule is CCC(O)C(=Cc1ccccc1)c1ccccc1. The van der Waals surface area contributed by atoms with Gasteiger partial charge in [-0.1, -0.05) is 67.6 Å². The second kappa shape index (κ2) is 6.18. The predicted octanol–water partition coefficient (Wildman–Crippen LogP) is 4.00. The number of aliphatic hydroxyl groups excluding tert-OH is 1. The van der Waals surface area contributed by atoms with Crippen LogP contribution in [0.25, 0.3) is 11.6 Å². The Balaban J connectivity index is 2.41. The Labute approximate surface area is 108 Å². The standard InChI is InChI=1S/C17H18O/c1-2-17(18)16(15-11-7-4-8-12-15)13-14-9-5-3-6-10-14/h3-13,17-18H,2H2,1H3. The van der Waals surface area contributed by atoms with Crippen molar-refractivity contribution in [3.8, 4) is 0 Å². The zero-order valence-electron chi connectivity index (χ0n) is 10.6. The van der Waals surface area contributed by atoms with Gasteiger partial charge in [-0.25, -0.2) is 0 Å². The third-order valence-corrected chi connectivity index (χ3v) is 2.97. The molecule has 0 aliphatic carbocycles. The lowest BCUT2D eigenvalue weighted by Gasteiger charge is -2.14. The lowest BCUT2D eigenvalue weighted by molar-refractivity contribution is 0.229. The molecule has 0 fully saturated rings. The Morgan fingerprint density at radius 3 is 2.11 bits per heavy atom. The topological polar surface area (TPSA) is 20.2 Å². The van der Waals surface area contributed by atoms with Crippen molar-refractivity contribution in [1.29, 1.82) is 0 Å². The molecule has 1 nitrogen and oxygen atoms in total. The fourth-order valence-electron chi connectivity index (χ4n) is 1.95. The van der Waals surface area contributed by atoms with Crippen molar-refractivity contribution in [3.05, 3.63) is 71.8 Å². The number of benzene rings is 2. The van der Waals surface area contributed by atoms with E-state index in [1.54, 1.807) is 0 Å². The summed E-state index contributed by atoms with van der Waals surface area (Å²) in [6.45, 7) is 1.99. The zero-order valence-corrected chi connectivity index (χ0v) is 10.6. The largest absolute Gasteiger partial charge is 0.388 e. The summed E-state index contributed by atoms with van der Waals surface area (Å²) in [7, 11) is 0. The summed E-state index contributed by atoms with van der Waals surface area (Å²) in [5, 5.41) is 10.2. The zero-order chi connectivity index (χ0) is 12.8. The van der Waals surface area contributed by atoms with E-state index in [1.165, 1.54) is 0 Å². The van der Waals surface area contributed by atoms with Crippen molar-refractivity contribution in [2.24, 2.45) is 0 Å². The van der Waals surface area contributed by atoms with Crippen LogP contribution >= 0.6 is 0 Å². The normalized spacial score (nSPS) is 13.3. The van der Waals surface area contributed by atoms with Gasteiger partial charge < -0.3 is 5.11 Å². The summed E-state index contributed by atoms with van der Waals surface area (Å²) in [4.78, 5) is 0. The smallest absolute Gasteiger partial charge is 0.0793 e. The minimum absolute atomic E-state index is 0.424. The third-order valence-electron chi connectivity index (χ3n) is 2.97. The monoisotopic (exact) mass is 238 g/mol. The molecule has 2 aromatic rings. The highest BCUT2D eigenvalue weighted by atomic mass is 16.3. The molecule has 92 valence electrons. The Hall–Kier alpha value is -1.86. The molecule has 1 N–H and O–H groups in total. The van der Waals surface area contributed by atoms with Crippen LogP contribution in [-0.4, -0.2) is 11.2 Å². The molecule has 0 heterocycles. The van der Waals surface area contributed by atoms with Crippen LogP contribution in [-0.2, 0) is 0 Å². The summed E-state index contributed by atoms with van der Waals surface area (Å²) in [5.41, 5.74) is 3.17. The molecule has 0 spiro atoms. The average Bonchev–Trinajstić information content (AvgIpc) is 2.46. The highest BCUT2D eigenvalue weighted by molar-refractivity contribution is 5.83. The first-order valence-corrected chi connectivity index (χ1v) is 6.31. The van der Waals surface area contributed by atoms with Gasteiger partial charge in [0.1, 0.15) is 0 Å². The van der Waals surface area contributed by atoms with Crippen LogP contribution in [0.3, 0.4) is 0 Å². The van der Waals surface area contributed by atoms with Gasteiger partial charge in [0.2, 0.25) is 0 Å². The van der Waals surface area contributed by atoms with Crippen molar-refractivity contribution < 1.29 is 5.11 Å². The van der Waals surface area contributed by atoms with Gasteiger partial charge in [-0.15, -0.1) is 0 Å². The minimum Gasteiger partial charge on any atom is -0.388 e. The molecule has 2 rings (SSSR count). The first kappa shape index (κ1) is 12.6. The van der Waals surface area contributed by atoms with Crippen LogP contribution in [0, 0.1) is 0 Å². The van der Waals surface area contributed by atoms with Gasteiger partial charge in [0, 0.05) is 0 Å². The number of rotatable bonds is 4. The van der Waals surface area contributed by atoms with E-state index in [0.717, 1.165) is 16.7 Å². The van der Waals surface area contributed by atoms with Crippen LogP contribution < -0.4 is 0 Å². The highest BCUT2D eigenvalue weighted by Crippen LogP contribution is 2.23. The maximum absolute atomic E-state index is 10.2. The lowest BCUT2D eigenvalue weighted by atomic mass is 9.96. The molecule has 0 aliphatic heterocycles. The van der Waals surface area contributed by atoms with Crippen molar-refractivity contribution >= 4 is 11.6 Å². The van der Waals surface area contributed by atoms with E-state index in [2.05, 4.69) is 6.08 Å². The number of hydrogen-bond donors (Lipinski definition) is 1. The average molecular weight is 238 g/mol. The van der Waals surface area contributed by atoms with Crippen LogP contribution in [0.4, 0.5) is 0 Å². The maximum Gasteiger partial charge on any atom is 0.0793 e. The molecule has 1 unspecified atom stereocenters. The van der Waals surface area contributed by atoms with Crippen molar-refractivity contribution in [2.45, 2.75) is 19.4 Å². The minimum atomic E-state index is -0.424. The first-order chi connectivity index (χ1) is 8.81. The molecule has 0 aliphatic rings. The fraction of sp³-hybridized carbons (Fsp3) is 0.176. The van der Waals surface area contributed by atoms with Crippen LogP contribution in [0.2, 0.25) is 0 Å². The van der Waals surface area contributed by atoms with E-state index in [4.69, 9.17) is 0 Å². The molecule has 0 aromatic heterocycles. The number of hydrogen-bond acceptors (Lipinski definition) is 1. The van der Waals surface area contributed by atoms with E-state index < -0.39 is 6.10 Å². The van der Waals surface area contributed by atoms with Crippen LogP contribution in [0.15, 0.2) is 60.7 Å². The third kappa shape index (κ3) is 3.08. The number of aliphatic hydroxyl groups is 1. The van der Waals surface area contributed by atoms with Crippen molar-refractivity contribution in [2.75, 3.05) is 0 Å². The molecule has 1 atom stereocenters. The predicted molar refractivity (Wildman–Crippen MR) is 77.1 cm³/mol. The summed E-state index contributed by atoms with van der Waals surface area (Å²) < 4.78 is 0. The van der Waals surface area contributed by atoms with Gasteiger partial charge in [0.15, 0.2) is 0 Å². The molecule has 2 aromatic carbocycles. The highest BCUT2D eigenvalue weighted by Gasteiger charge is 2.10. The summed E-state index contributed by atoms with van der Waals surface area (Å²) in [6.07, 6.45) is 2.35. The van der Waals surface area contributed by atoms with E-state index in [9.17, 15) is 5.11 Å². The molecule has 0 radical (unpaired) electrons. The molecule has 0 bridgehead atoms. The van der Waals surface area contributed by atoms with Crippen molar-refractivity contribution in [1.82, 2.24) is 0 Å². The van der Waals surface area contributed by atoms with Crippen LogP contribution in [0.5, 0.6) is 0 Å². The molecule has 0 amide bonds. The van der Waals surface area contributed by atoms with E-state index in [0.29, 0.717) is 6.42 Å². The van der Waals surface area contributed by atoms with Gasteiger partial charge in [-0.05, 0) is 29.2 Å². The van der Waals surface area contributed by atoms with Crippen LogP contribution in [0.1, 0.15) is 24.5 Å². The molecule has 1 heteroatoms. The van der Waals surface area contributed by atoms with Gasteiger partial charge in [-0.2, -0.15) is 0 Å². The summed E-state index contributed by atoms with van der Waals surface area (Å²) in [6, 6.07) is 20.2. The summed E-state index contributed by atoms with van der Waals surface area (Å²) in [5.74, 6) is 0. The Bertz CT molecular complexity index is 500. The van der Waals surface area contributed by atoms with Gasteiger partial charge in [0.05, 0.1) is 6.10 Å². The maximum atomic E-state index is 10.2. The molecular formula is C17H18O. The lowest BCUT2D eigenvalue weighted by Crippen LogP contribution is -2.07. The molecule has 18 heavy (non-hydrogen) atoms. The van der Waals surface area contributed by atoms with Gasteiger partial charge in [0.25, 0.3) is 0 Å².